The highest BCUT2D eigenvalue weighted by atomic mass is 31.2. The molecule has 38 heavy (non-hydrogen) atoms. The minimum Gasteiger partial charge on any atom is -0.804 e. The van der Waals surface area contributed by atoms with Gasteiger partial charge < -0.3 is 24.0 Å². The maximum Gasteiger partial charge on any atom is 0.472 e. The fourth-order valence-corrected chi connectivity index (χ4v) is 5.44. The van der Waals surface area contributed by atoms with E-state index in [0.717, 1.165) is 19.3 Å². The van der Waals surface area contributed by atoms with Gasteiger partial charge in [0.25, 0.3) is 0 Å². The smallest absolute Gasteiger partial charge is 0.472 e. The number of hydrogen-bond acceptors (Lipinski definition) is 6. The number of phosphoric ester groups is 1. The first-order chi connectivity index (χ1) is 18.1. The Balaban J connectivity index is 2.03. The van der Waals surface area contributed by atoms with Crippen molar-refractivity contribution in [3.8, 4) is 0 Å². The summed E-state index contributed by atoms with van der Waals surface area (Å²) in [6.07, 6.45) is 21.8. The fraction of sp³-hybridized carbons (Fsp3) is 1.00. The Morgan fingerprint density at radius 2 is 1.34 bits per heavy atom. The molecule has 1 fully saturated rings. The highest BCUT2D eigenvalue weighted by Crippen LogP contribution is 2.45. The van der Waals surface area contributed by atoms with Crippen LogP contribution in [0.2, 0.25) is 0 Å². The standard InChI is InChI=1S/C29H60NO7P/c1-5-6-7-8-9-10-11-12-13-14-15-16-17-18-19-20-23-34-26-29(22-21-24-35-29)27-37-38(32,33)36-25-28(31)30(2,3)4/h28H,5-27H2,1-4H3,(H,32,33)/t28-,29?/m1/s1. The van der Waals surface area contributed by atoms with E-state index < -0.39 is 26.3 Å². The molecule has 1 aliphatic rings. The summed E-state index contributed by atoms with van der Waals surface area (Å²) in [4.78, 5) is 10.0. The molecule has 1 saturated heterocycles. The molecule has 0 bridgehead atoms. The lowest BCUT2D eigenvalue weighted by Gasteiger charge is -2.38. The Kier molecular flexibility index (Phi) is 19.7. The summed E-state index contributed by atoms with van der Waals surface area (Å²) in [5.41, 5.74) is -0.728. The number of quaternary nitrogens is 1. The van der Waals surface area contributed by atoms with Gasteiger partial charge in [-0.05, 0) is 19.3 Å². The van der Waals surface area contributed by atoms with Gasteiger partial charge in [-0.15, -0.1) is 0 Å². The van der Waals surface area contributed by atoms with Crippen LogP contribution in [0.3, 0.4) is 0 Å². The summed E-state index contributed by atoms with van der Waals surface area (Å²) < 4.78 is 34.2. The zero-order valence-corrected chi connectivity index (χ0v) is 26.0. The fourth-order valence-electron chi connectivity index (χ4n) is 4.65. The molecule has 0 aromatic rings. The van der Waals surface area contributed by atoms with E-state index in [1.54, 1.807) is 21.1 Å². The van der Waals surface area contributed by atoms with E-state index in [4.69, 9.17) is 18.5 Å². The van der Waals surface area contributed by atoms with E-state index in [9.17, 15) is 14.6 Å². The third kappa shape index (κ3) is 18.3. The third-order valence-corrected chi connectivity index (χ3v) is 8.36. The molecule has 0 aliphatic carbocycles. The quantitative estimate of drug-likeness (QED) is 0.0566. The summed E-state index contributed by atoms with van der Waals surface area (Å²) in [6.45, 7) is 3.34. The molecule has 0 amide bonds. The first-order valence-electron chi connectivity index (χ1n) is 15.4. The van der Waals surface area contributed by atoms with Crippen molar-refractivity contribution in [2.75, 3.05) is 54.2 Å². The van der Waals surface area contributed by atoms with Crippen molar-refractivity contribution in [3.63, 3.8) is 0 Å². The molecule has 1 N–H and O–H groups in total. The van der Waals surface area contributed by atoms with Crippen molar-refractivity contribution < 1.29 is 37.6 Å². The van der Waals surface area contributed by atoms with Gasteiger partial charge in [-0.2, -0.15) is 0 Å². The van der Waals surface area contributed by atoms with Crippen molar-refractivity contribution in [3.05, 3.63) is 0 Å². The number of rotatable bonds is 26. The molecule has 8 nitrogen and oxygen atoms in total. The van der Waals surface area contributed by atoms with E-state index in [1.165, 1.54) is 89.9 Å². The maximum absolute atomic E-state index is 12.3. The van der Waals surface area contributed by atoms with Gasteiger partial charge in [0.2, 0.25) is 0 Å². The van der Waals surface area contributed by atoms with Crippen LogP contribution >= 0.6 is 7.82 Å². The van der Waals surface area contributed by atoms with E-state index in [0.29, 0.717) is 26.2 Å². The molecule has 2 unspecified atom stereocenters. The van der Waals surface area contributed by atoms with Gasteiger partial charge in [0.15, 0.2) is 0 Å². The van der Waals surface area contributed by atoms with Crippen LogP contribution in [0.4, 0.5) is 0 Å². The monoisotopic (exact) mass is 565 g/mol. The molecule has 228 valence electrons. The molecule has 0 radical (unpaired) electrons. The van der Waals surface area contributed by atoms with Gasteiger partial charge >= 0.3 is 7.82 Å². The van der Waals surface area contributed by atoms with Crippen molar-refractivity contribution >= 4 is 7.82 Å². The average molecular weight is 566 g/mol. The molecule has 1 aliphatic heterocycles. The number of ether oxygens (including phenoxy) is 2. The Morgan fingerprint density at radius 3 is 1.79 bits per heavy atom. The van der Waals surface area contributed by atoms with Crippen LogP contribution in [-0.2, 0) is 23.1 Å². The van der Waals surface area contributed by atoms with Crippen LogP contribution in [-0.4, -0.2) is 75.4 Å². The van der Waals surface area contributed by atoms with Crippen molar-refractivity contribution in [1.82, 2.24) is 0 Å². The molecular weight excluding hydrogens is 505 g/mol. The van der Waals surface area contributed by atoms with E-state index in [2.05, 4.69) is 6.92 Å². The number of hydrogen-bond donors (Lipinski definition) is 1. The number of phosphoric acid groups is 1. The molecule has 0 aromatic carbocycles. The van der Waals surface area contributed by atoms with Gasteiger partial charge in [0, 0.05) is 19.4 Å². The van der Waals surface area contributed by atoms with Crippen LogP contribution < -0.4 is 5.11 Å². The Labute approximate surface area is 234 Å². The molecule has 1 heterocycles. The Bertz CT molecular complexity index is 608. The van der Waals surface area contributed by atoms with Gasteiger partial charge in [-0.3, -0.25) is 9.05 Å². The van der Waals surface area contributed by atoms with Crippen LogP contribution in [0.1, 0.15) is 122 Å². The van der Waals surface area contributed by atoms with Crippen LogP contribution in [0, 0.1) is 0 Å². The molecular formula is C29H60NO7P. The number of likely N-dealkylation sites (N-methyl/N-ethyl adjacent to an activating group) is 1. The van der Waals surface area contributed by atoms with Crippen LogP contribution in [0.15, 0.2) is 0 Å². The minimum atomic E-state index is -4.33. The minimum absolute atomic E-state index is 0.0836. The summed E-state index contributed by atoms with van der Waals surface area (Å²) >= 11 is 0. The molecule has 1 rings (SSSR count). The summed E-state index contributed by atoms with van der Waals surface area (Å²) in [5.74, 6) is 0. The van der Waals surface area contributed by atoms with Gasteiger partial charge in [0.05, 0.1) is 41.0 Å². The lowest BCUT2D eigenvalue weighted by Crippen LogP contribution is -2.55. The van der Waals surface area contributed by atoms with E-state index in [1.807, 2.05) is 0 Å². The molecule has 0 aromatic heterocycles. The van der Waals surface area contributed by atoms with Crippen LogP contribution in [0.5, 0.6) is 0 Å². The second kappa shape index (κ2) is 20.8. The van der Waals surface area contributed by atoms with Gasteiger partial charge in [0.1, 0.15) is 5.60 Å². The normalized spacial score (nSPS) is 20.6. The predicted molar refractivity (Wildman–Crippen MR) is 152 cm³/mol. The average Bonchev–Trinajstić information content (AvgIpc) is 3.34. The SMILES string of the molecule is CCCCCCCCCCCCCCCCCCOCC1(COP(=O)(O)OC[C@@H]([O-])[N+](C)(C)C)CCCO1. The van der Waals surface area contributed by atoms with Crippen LogP contribution in [0.25, 0.3) is 0 Å². The van der Waals surface area contributed by atoms with E-state index in [-0.39, 0.29) is 11.1 Å². The third-order valence-electron chi connectivity index (χ3n) is 7.43. The summed E-state index contributed by atoms with van der Waals surface area (Å²) in [5, 5.41) is 12.0. The molecule has 0 spiro atoms. The topological polar surface area (TPSA) is 97.3 Å². The number of unbranched alkanes of at least 4 members (excludes halogenated alkanes) is 15. The lowest BCUT2D eigenvalue weighted by atomic mass is 10.0. The summed E-state index contributed by atoms with van der Waals surface area (Å²) in [6, 6.07) is 0. The zero-order chi connectivity index (χ0) is 28.2. The van der Waals surface area contributed by atoms with Crippen molar-refractivity contribution in [2.45, 2.75) is 134 Å². The highest BCUT2D eigenvalue weighted by Gasteiger charge is 2.39. The Morgan fingerprint density at radius 1 is 0.842 bits per heavy atom. The second-order valence-corrected chi connectivity index (χ2v) is 13.6. The molecule has 9 heteroatoms. The number of nitrogens with zero attached hydrogens (tertiary/aromatic N) is 1. The van der Waals surface area contributed by atoms with Crippen molar-refractivity contribution in [2.24, 2.45) is 0 Å². The largest absolute Gasteiger partial charge is 0.804 e. The first-order valence-corrected chi connectivity index (χ1v) is 16.9. The molecule has 3 atom stereocenters. The molecule has 0 saturated carbocycles. The van der Waals surface area contributed by atoms with Gasteiger partial charge in [-0.1, -0.05) is 103 Å². The van der Waals surface area contributed by atoms with Gasteiger partial charge in [-0.25, -0.2) is 4.57 Å². The lowest BCUT2D eigenvalue weighted by molar-refractivity contribution is -0.969. The zero-order valence-electron chi connectivity index (χ0n) is 25.1. The Hall–Kier alpha value is -0.0500. The second-order valence-electron chi connectivity index (χ2n) is 12.1. The summed E-state index contributed by atoms with van der Waals surface area (Å²) in [7, 11) is 0.797. The maximum atomic E-state index is 12.3. The highest BCUT2D eigenvalue weighted by molar-refractivity contribution is 7.47. The van der Waals surface area contributed by atoms with Crippen molar-refractivity contribution in [1.29, 1.82) is 0 Å². The predicted octanol–water partition coefficient (Wildman–Crippen LogP) is 6.34. The van der Waals surface area contributed by atoms with E-state index >= 15 is 0 Å². The first kappa shape index (κ1) is 36.0.